The van der Waals surface area contributed by atoms with Gasteiger partial charge in [0.1, 0.15) is 5.82 Å². The van der Waals surface area contributed by atoms with Crippen LogP contribution in [0, 0.1) is 11.7 Å². The third kappa shape index (κ3) is 5.23. The number of rotatable bonds is 9. The van der Waals surface area contributed by atoms with E-state index in [1.165, 1.54) is 18.6 Å². The molecule has 6 rings (SSSR count). The topological polar surface area (TPSA) is 54.5 Å². The summed E-state index contributed by atoms with van der Waals surface area (Å²) in [5, 5.41) is 6.12. The lowest BCUT2D eigenvalue weighted by atomic mass is 9.97. The van der Waals surface area contributed by atoms with Gasteiger partial charge in [-0.15, -0.1) is 11.3 Å². The number of likely N-dealkylation sites (N-methyl/N-ethyl adjacent to an activating group) is 1. The first-order valence-corrected chi connectivity index (χ1v) is 14.3. The van der Waals surface area contributed by atoms with Gasteiger partial charge in [0.25, 0.3) is 5.91 Å². The fourth-order valence-corrected chi connectivity index (χ4v) is 6.31. The summed E-state index contributed by atoms with van der Waals surface area (Å²) in [4.78, 5) is 22.5. The van der Waals surface area contributed by atoms with Crippen molar-refractivity contribution in [3.63, 3.8) is 0 Å². The molecule has 4 aromatic rings. The Hall–Kier alpha value is -3.13. The van der Waals surface area contributed by atoms with E-state index in [1.54, 1.807) is 17.4 Å². The van der Waals surface area contributed by atoms with Crippen molar-refractivity contribution < 1.29 is 13.9 Å². The predicted molar refractivity (Wildman–Crippen MR) is 150 cm³/mol. The number of aromatic nitrogens is 1. The van der Waals surface area contributed by atoms with Crippen LogP contribution in [0.3, 0.4) is 0 Å². The number of pyridine rings is 1. The second-order valence-electron chi connectivity index (χ2n) is 10.4. The number of thiophene rings is 1. The van der Waals surface area contributed by atoms with Crippen LogP contribution in [0.15, 0.2) is 66.0 Å². The molecule has 0 radical (unpaired) electrons. The zero-order chi connectivity index (χ0) is 26.1. The van der Waals surface area contributed by atoms with E-state index < -0.39 is 0 Å². The van der Waals surface area contributed by atoms with Crippen molar-refractivity contribution in [2.45, 2.75) is 44.4 Å². The van der Waals surface area contributed by atoms with Gasteiger partial charge >= 0.3 is 0 Å². The number of carbonyl (C=O) groups is 1. The average molecular weight is 530 g/mol. The molecule has 0 spiro atoms. The molecule has 1 aliphatic heterocycles. The summed E-state index contributed by atoms with van der Waals surface area (Å²) in [5.74, 6) is -0.148. The first-order valence-electron chi connectivity index (χ1n) is 13.4. The summed E-state index contributed by atoms with van der Waals surface area (Å²) in [7, 11) is 2.14. The van der Waals surface area contributed by atoms with Gasteiger partial charge in [0.2, 0.25) is 0 Å². The van der Waals surface area contributed by atoms with E-state index >= 15 is 0 Å². The van der Waals surface area contributed by atoms with Gasteiger partial charge in [-0.1, -0.05) is 36.4 Å². The van der Waals surface area contributed by atoms with Gasteiger partial charge in [-0.05, 0) is 80.4 Å². The lowest BCUT2D eigenvalue weighted by molar-refractivity contribution is 0.0737. The molecule has 1 N–H and O–H groups in total. The SMILES string of the molecule is CN1CCC[C@H]1COCc1c(-c2cccs2)nc2ccccc2c1C(=O)NC(c1cccc(F)c1)C1CC1. The van der Waals surface area contributed by atoms with Crippen LogP contribution in [-0.2, 0) is 11.3 Å². The smallest absolute Gasteiger partial charge is 0.252 e. The average Bonchev–Trinajstić information content (AvgIpc) is 3.45. The summed E-state index contributed by atoms with van der Waals surface area (Å²) in [6.07, 6.45) is 4.33. The number of hydrogen-bond donors (Lipinski definition) is 1. The van der Waals surface area contributed by atoms with Crippen LogP contribution in [0.2, 0.25) is 0 Å². The second kappa shape index (κ2) is 10.9. The van der Waals surface area contributed by atoms with Crippen LogP contribution in [0.5, 0.6) is 0 Å². The fraction of sp³-hybridized carbons (Fsp3) is 0.355. The van der Waals surface area contributed by atoms with Crippen LogP contribution in [-0.4, -0.2) is 42.0 Å². The van der Waals surface area contributed by atoms with Crippen molar-refractivity contribution in [3.05, 3.63) is 88.6 Å². The first-order chi connectivity index (χ1) is 18.6. The maximum absolute atomic E-state index is 14.2. The molecule has 1 saturated carbocycles. The number of fused-ring (bicyclic) bond motifs is 1. The number of carbonyl (C=O) groups excluding carboxylic acids is 1. The van der Waals surface area contributed by atoms with E-state index in [9.17, 15) is 9.18 Å². The molecule has 1 unspecified atom stereocenters. The number of halogens is 1. The van der Waals surface area contributed by atoms with Crippen molar-refractivity contribution in [1.82, 2.24) is 15.2 Å². The van der Waals surface area contributed by atoms with Crippen molar-refractivity contribution in [2.24, 2.45) is 5.92 Å². The summed E-state index contributed by atoms with van der Waals surface area (Å²) < 4.78 is 20.4. The highest BCUT2D eigenvalue weighted by atomic mass is 32.1. The molecule has 2 aliphatic rings. The molecule has 2 atom stereocenters. The molecular formula is C31H32FN3O2S. The van der Waals surface area contributed by atoms with E-state index in [4.69, 9.17) is 9.72 Å². The van der Waals surface area contributed by atoms with Gasteiger partial charge < -0.3 is 15.0 Å². The number of amides is 1. The highest BCUT2D eigenvalue weighted by molar-refractivity contribution is 7.13. The molecule has 38 heavy (non-hydrogen) atoms. The molecule has 196 valence electrons. The largest absolute Gasteiger partial charge is 0.375 e. The Morgan fingerprint density at radius 2 is 2.03 bits per heavy atom. The number of hydrogen-bond acceptors (Lipinski definition) is 5. The van der Waals surface area contributed by atoms with E-state index in [1.807, 2.05) is 47.8 Å². The molecule has 5 nitrogen and oxygen atoms in total. The zero-order valence-electron chi connectivity index (χ0n) is 21.5. The molecule has 3 heterocycles. The quantitative estimate of drug-likeness (QED) is 0.266. The van der Waals surface area contributed by atoms with Crippen LogP contribution in [0.1, 0.15) is 53.2 Å². The number of nitrogens with one attached hydrogen (secondary N) is 1. The summed E-state index contributed by atoms with van der Waals surface area (Å²) in [5.41, 5.74) is 3.77. The maximum atomic E-state index is 14.2. The summed E-state index contributed by atoms with van der Waals surface area (Å²) in [6, 6.07) is 18.6. The van der Waals surface area contributed by atoms with Crippen molar-refractivity contribution >= 4 is 28.1 Å². The summed E-state index contributed by atoms with van der Waals surface area (Å²) in [6.45, 7) is 2.00. The van der Waals surface area contributed by atoms with Gasteiger partial charge in [0, 0.05) is 17.0 Å². The van der Waals surface area contributed by atoms with Crippen molar-refractivity contribution in [1.29, 1.82) is 0 Å². The lowest BCUT2D eigenvalue weighted by Gasteiger charge is -2.23. The normalized spacial score (nSPS) is 18.6. The Bertz CT molecular complexity index is 1440. The molecule has 7 heteroatoms. The van der Waals surface area contributed by atoms with E-state index in [0.29, 0.717) is 30.7 Å². The number of ether oxygens (including phenoxy) is 1. The van der Waals surface area contributed by atoms with Crippen LogP contribution < -0.4 is 5.32 Å². The molecule has 1 aliphatic carbocycles. The standard InChI is InChI=1S/C31H32FN3O2S/c1-35-15-5-9-23(35)18-37-19-25-28(24-10-2-3-11-26(24)33-30(25)27-12-6-16-38-27)31(36)34-29(20-13-14-20)21-7-4-8-22(32)17-21/h2-4,6-8,10-12,16-17,20,23,29H,5,9,13-15,18-19H2,1H3,(H,34,36)/t23-,29?/m0/s1. The number of para-hydroxylation sites is 1. The highest BCUT2D eigenvalue weighted by Crippen LogP contribution is 2.42. The van der Waals surface area contributed by atoms with Gasteiger partial charge in [-0.25, -0.2) is 9.37 Å². The van der Waals surface area contributed by atoms with E-state index in [-0.39, 0.29) is 17.8 Å². The van der Waals surface area contributed by atoms with Gasteiger partial charge in [0.15, 0.2) is 0 Å². The maximum Gasteiger partial charge on any atom is 0.252 e. The van der Waals surface area contributed by atoms with E-state index in [2.05, 4.69) is 17.3 Å². The van der Waals surface area contributed by atoms with Gasteiger partial charge in [-0.2, -0.15) is 0 Å². The third-order valence-corrected chi connectivity index (χ3v) is 8.67. The fourth-order valence-electron chi connectivity index (χ4n) is 5.57. The lowest BCUT2D eigenvalue weighted by Crippen LogP contribution is -2.32. The van der Waals surface area contributed by atoms with Crippen LogP contribution >= 0.6 is 11.3 Å². The molecule has 2 aromatic carbocycles. The molecular weight excluding hydrogens is 497 g/mol. The van der Waals surface area contributed by atoms with Crippen molar-refractivity contribution in [2.75, 3.05) is 20.2 Å². The Morgan fingerprint density at radius 1 is 1.16 bits per heavy atom. The molecule has 1 saturated heterocycles. The molecule has 1 amide bonds. The minimum absolute atomic E-state index is 0.167. The molecule has 2 aromatic heterocycles. The van der Waals surface area contributed by atoms with Crippen LogP contribution in [0.25, 0.3) is 21.5 Å². The van der Waals surface area contributed by atoms with Gasteiger partial charge in [0.05, 0.1) is 40.9 Å². The second-order valence-corrected chi connectivity index (χ2v) is 11.4. The number of likely N-dealkylation sites (tertiary alicyclic amines) is 1. The Balaban J connectivity index is 1.40. The number of nitrogens with zero attached hydrogens (tertiary/aromatic N) is 2. The molecule has 0 bridgehead atoms. The third-order valence-electron chi connectivity index (χ3n) is 7.79. The Labute approximate surface area is 226 Å². The Morgan fingerprint density at radius 3 is 2.76 bits per heavy atom. The molecule has 2 fully saturated rings. The zero-order valence-corrected chi connectivity index (χ0v) is 22.3. The first kappa shape index (κ1) is 25.2. The summed E-state index contributed by atoms with van der Waals surface area (Å²) >= 11 is 1.61. The monoisotopic (exact) mass is 529 g/mol. The van der Waals surface area contributed by atoms with Gasteiger partial charge in [-0.3, -0.25) is 4.79 Å². The van der Waals surface area contributed by atoms with Crippen molar-refractivity contribution in [3.8, 4) is 10.6 Å². The van der Waals surface area contributed by atoms with E-state index in [0.717, 1.165) is 58.4 Å². The Kier molecular flexibility index (Phi) is 7.24. The van der Waals surface area contributed by atoms with Crippen LogP contribution in [0.4, 0.5) is 4.39 Å². The minimum atomic E-state index is -0.289. The minimum Gasteiger partial charge on any atom is -0.375 e. The predicted octanol–water partition coefficient (Wildman–Crippen LogP) is 6.59. The number of benzene rings is 2. The highest BCUT2D eigenvalue weighted by Gasteiger charge is 2.35.